The topological polar surface area (TPSA) is 40.5 Å². The van der Waals surface area contributed by atoms with Crippen LogP contribution in [0.4, 0.5) is 0 Å². The maximum Gasteiger partial charge on any atom is 0.336 e. The van der Waals surface area contributed by atoms with E-state index < -0.39 is 5.97 Å². The van der Waals surface area contributed by atoms with Gasteiger partial charge in [-0.1, -0.05) is 0 Å². The van der Waals surface area contributed by atoms with Gasteiger partial charge in [0.05, 0.1) is 5.56 Å². The highest BCUT2D eigenvalue weighted by Crippen LogP contribution is 2.32. The van der Waals surface area contributed by atoms with Crippen molar-refractivity contribution in [3.05, 3.63) is 21.9 Å². The summed E-state index contributed by atoms with van der Waals surface area (Å²) in [5, 5.41) is 12.8. The van der Waals surface area contributed by atoms with Crippen LogP contribution in [0.3, 0.4) is 0 Å². The molecule has 1 aromatic rings. The molecule has 4 heteroatoms. The number of likely N-dealkylation sites (tertiary alicyclic amines) is 1. The molecule has 0 spiro atoms. The number of hydrogen-bond acceptors (Lipinski definition) is 3. The molecule has 0 radical (unpaired) electrons. The van der Waals surface area contributed by atoms with E-state index in [0.717, 1.165) is 31.5 Å². The molecule has 1 aromatic heterocycles. The standard InChI is InChI=1S/C11H15NO2S/c1-12-4-2-8(3-5-12)9-6-15-7-10(9)11(13)14/h6-8H,2-5H2,1H3,(H,13,14). The maximum atomic E-state index is 11.0. The fraction of sp³-hybridized carbons (Fsp3) is 0.545. The van der Waals surface area contributed by atoms with Crippen LogP contribution in [0.15, 0.2) is 10.8 Å². The minimum Gasteiger partial charge on any atom is -0.478 e. The first-order valence-electron chi connectivity index (χ1n) is 5.16. The van der Waals surface area contributed by atoms with Crippen LogP contribution in [-0.4, -0.2) is 36.1 Å². The lowest BCUT2D eigenvalue weighted by atomic mass is 9.89. The maximum absolute atomic E-state index is 11.0. The molecule has 1 saturated heterocycles. The fourth-order valence-electron chi connectivity index (χ4n) is 2.12. The van der Waals surface area contributed by atoms with Gasteiger partial charge in [0.1, 0.15) is 0 Å². The molecule has 0 saturated carbocycles. The molecule has 2 heterocycles. The van der Waals surface area contributed by atoms with Gasteiger partial charge in [-0.25, -0.2) is 4.79 Å². The zero-order valence-electron chi connectivity index (χ0n) is 8.77. The molecule has 1 aliphatic heterocycles. The van der Waals surface area contributed by atoms with Gasteiger partial charge in [0, 0.05) is 5.38 Å². The summed E-state index contributed by atoms with van der Waals surface area (Å²) in [7, 11) is 2.11. The molecule has 82 valence electrons. The van der Waals surface area contributed by atoms with Gasteiger partial charge >= 0.3 is 5.97 Å². The van der Waals surface area contributed by atoms with E-state index in [-0.39, 0.29) is 0 Å². The molecular formula is C11H15NO2S. The Morgan fingerprint density at radius 2 is 2.13 bits per heavy atom. The Labute approximate surface area is 93.3 Å². The molecule has 15 heavy (non-hydrogen) atoms. The van der Waals surface area contributed by atoms with Gasteiger partial charge in [0.25, 0.3) is 0 Å². The first-order valence-corrected chi connectivity index (χ1v) is 6.10. The lowest BCUT2D eigenvalue weighted by Crippen LogP contribution is -2.29. The molecule has 0 aromatic carbocycles. The van der Waals surface area contributed by atoms with E-state index >= 15 is 0 Å². The van der Waals surface area contributed by atoms with Crippen LogP contribution in [0, 0.1) is 0 Å². The minimum atomic E-state index is -0.787. The van der Waals surface area contributed by atoms with Crippen molar-refractivity contribution >= 4 is 17.3 Å². The summed E-state index contributed by atoms with van der Waals surface area (Å²) in [6.07, 6.45) is 2.15. The van der Waals surface area contributed by atoms with Crippen molar-refractivity contribution in [2.45, 2.75) is 18.8 Å². The zero-order valence-corrected chi connectivity index (χ0v) is 9.59. The molecule has 3 nitrogen and oxygen atoms in total. The number of carboxylic acid groups (broad SMARTS) is 1. The molecule has 0 unspecified atom stereocenters. The van der Waals surface area contributed by atoms with E-state index in [1.165, 1.54) is 11.3 Å². The van der Waals surface area contributed by atoms with Crippen molar-refractivity contribution < 1.29 is 9.90 Å². The summed E-state index contributed by atoms with van der Waals surface area (Å²) in [5.41, 5.74) is 1.55. The van der Waals surface area contributed by atoms with Crippen LogP contribution in [0.5, 0.6) is 0 Å². The van der Waals surface area contributed by atoms with E-state index in [0.29, 0.717) is 11.5 Å². The Morgan fingerprint density at radius 1 is 1.47 bits per heavy atom. The summed E-state index contributed by atoms with van der Waals surface area (Å²) in [6, 6.07) is 0. The second kappa shape index (κ2) is 4.33. The number of aromatic carboxylic acids is 1. The van der Waals surface area contributed by atoms with Crippen molar-refractivity contribution in [2.75, 3.05) is 20.1 Å². The highest BCUT2D eigenvalue weighted by atomic mass is 32.1. The highest BCUT2D eigenvalue weighted by Gasteiger charge is 2.23. The van der Waals surface area contributed by atoms with Gasteiger partial charge in [-0.2, -0.15) is 11.3 Å². The van der Waals surface area contributed by atoms with E-state index in [9.17, 15) is 4.79 Å². The third-order valence-electron chi connectivity index (χ3n) is 3.08. The van der Waals surface area contributed by atoms with Crippen LogP contribution in [0.1, 0.15) is 34.7 Å². The number of rotatable bonds is 2. The normalized spacial score (nSPS) is 19.3. The second-order valence-electron chi connectivity index (χ2n) is 4.12. The number of nitrogens with zero attached hydrogens (tertiary/aromatic N) is 1. The first kappa shape index (κ1) is 10.6. The van der Waals surface area contributed by atoms with E-state index in [1.807, 2.05) is 5.38 Å². The molecule has 0 amide bonds. The van der Waals surface area contributed by atoms with Crippen molar-refractivity contribution in [3.8, 4) is 0 Å². The molecule has 1 N–H and O–H groups in total. The summed E-state index contributed by atoms with van der Waals surface area (Å²) >= 11 is 1.49. The van der Waals surface area contributed by atoms with Crippen LogP contribution in [0.2, 0.25) is 0 Å². The van der Waals surface area contributed by atoms with Crippen molar-refractivity contribution in [1.29, 1.82) is 0 Å². The summed E-state index contributed by atoms with van der Waals surface area (Å²) in [4.78, 5) is 13.3. The molecule has 0 aliphatic carbocycles. The van der Waals surface area contributed by atoms with Gasteiger partial charge in [-0.3, -0.25) is 0 Å². The first-order chi connectivity index (χ1) is 7.18. The lowest BCUT2D eigenvalue weighted by molar-refractivity contribution is 0.0695. The second-order valence-corrected chi connectivity index (χ2v) is 4.87. The number of thiophene rings is 1. The molecular weight excluding hydrogens is 210 g/mol. The molecule has 0 atom stereocenters. The van der Waals surface area contributed by atoms with Crippen LogP contribution < -0.4 is 0 Å². The van der Waals surface area contributed by atoms with Crippen molar-refractivity contribution in [2.24, 2.45) is 0 Å². The Morgan fingerprint density at radius 3 is 2.73 bits per heavy atom. The molecule has 2 rings (SSSR count). The minimum absolute atomic E-state index is 0.443. The number of carbonyl (C=O) groups is 1. The van der Waals surface area contributed by atoms with Crippen molar-refractivity contribution in [3.63, 3.8) is 0 Å². The number of piperidine rings is 1. The Balaban J connectivity index is 2.15. The third-order valence-corrected chi connectivity index (χ3v) is 3.84. The monoisotopic (exact) mass is 225 g/mol. The number of carboxylic acids is 1. The lowest BCUT2D eigenvalue weighted by Gasteiger charge is -2.28. The van der Waals surface area contributed by atoms with Gasteiger partial charge in [0.15, 0.2) is 0 Å². The quantitative estimate of drug-likeness (QED) is 0.839. The van der Waals surface area contributed by atoms with E-state index in [1.54, 1.807) is 5.38 Å². The van der Waals surface area contributed by atoms with Crippen LogP contribution >= 0.6 is 11.3 Å². The third kappa shape index (κ3) is 2.21. The van der Waals surface area contributed by atoms with E-state index in [2.05, 4.69) is 11.9 Å². The Bertz CT molecular complexity index is 353. The van der Waals surface area contributed by atoms with Crippen LogP contribution in [0.25, 0.3) is 0 Å². The zero-order chi connectivity index (χ0) is 10.8. The largest absolute Gasteiger partial charge is 0.478 e. The molecule has 1 fully saturated rings. The summed E-state index contributed by atoms with van der Waals surface area (Å²) in [5.74, 6) is -0.344. The average molecular weight is 225 g/mol. The predicted octanol–water partition coefficient (Wildman–Crippen LogP) is 2.26. The van der Waals surface area contributed by atoms with Gasteiger partial charge < -0.3 is 10.0 Å². The van der Waals surface area contributed by atoms with Crippen molar-refractivity contribution in [1.82, 2.24) is 4.90 Å². The average Bonchev–Trinajstić information content (AvgIpc) is 2.67. The highest BCUT2D eigenvalue weighted by molar-refractivity contribution is 7.08. The molecule has 1 aliphatic rings. The predicted molar refractivity (Wildman–Crippen MR) is 60.8 cm³/mol. The summed E-state index contributed by atoms with van der Waals surface area (Å²) < 4.78 is 0. The summed E-state index contributed by atoms with van der Waals surface area (Å²) in [6.45, 7) is 2.14. The fourth-order valence-corrected chi connectivity index (χ4v) is 3.02. The van der Waals surface area contributed by atoms with E-state index in [4.69, 9.17) is 5.11 Å². The van der Waals surface area contributed by atoms with Gasteiger partial charge in [0.2, 0.25) is 0 Å². The Hall–Kier alpha value is -0.870. The van der Waals surface area contributed by atoms with Gasteiger partial charge in [-0.15, -0.1) is 0 Å². The van der Waals surface area contributed by atoms with Crippen LogP contribution in [-0.2, 0) is 0 Å². The Kier molecular flexibility index (Phi) is 3.07. The smallest absolute Gasteiger partial charge is 0.336 e. The molecule has 0 bridgehead atoms. The number of hydrogen-bond donors (Lipinski definition) is 1. The van der Waals surface area contributed by atoms with Gasteiger partial charge in [-0.05, 0) is 49.8 Å². The SMILES string of the molecule is CN1CCC(c2cscc2C(=O)O)CC1.